The first-order chi connectivity index (χ1) is 11.9. The fraction of sp³-hybridized carbons (Fsp3) is 0.400. The van der Waals surface area contributed by atoms with Gasteiger partial charge in [-0.15, -0.1) is 0 Å². The minimum atomic E-state index is -3.48. The Morgan fingerprint density at radius 3 is 2.60 bits per heavy atom. The number of hydrogen-bond acceptors (Lipinski definition) is 3. The summed E-state index contributed by atoms with van der Waals surface area (Å²) in [5.41, 5.74) is 4.48. The summed E-state index contributed by atoms with van der Waals surface area (Å²) in [5.74, 6) is 0. The van der Waals surface area contributed by atoms with Gasteiger partial charge in [0.15, 0.2) is 0 Å². The van der Waals surface area contributed by atoms with Crippen molar-refractivity contribution >= 4 is 10.0 Å². The Morgan fingerprint density at radius 2 is 1.84 bits per heavy atom. The standard InChI is InChI=1S/C20H26N2O2S/c1-15-8-9-16(2)20(12-15)25(23,24)21-13-17(3)22-11-10-18-6-4-5-7-19(18)14-22/h4-9,12,17,21H,10-11,13-14H2,1-3H3/t17-/m1/s1. The topological polar surface area (TPSA) is 49.4 Å². The van der Waals surface area contributed by atoms with E-state index in [4.69, 9.17) is 0 Å². The van der Waals surface area contributed by atoms with Crippen LogP contribution in [0.1, 0.15) is 29.2 Å². The van der Waals surface area contributed by atoms with Crippen molar-refractivity contribution in [3.8, 4) is 0 Å². The van der Waals surface area contributed by atoms with E-state index < -0.39 is 10.0 Å². The highest BCUT2D eigenvalue weighted by molar-refractivity contribution is 7.89. The molecule has 0 bridgehead atoms. The van der Waals surface area contributed by atoms with Gasteiger partial charge in [-0.1, -0.05) is 36.4 Å². The molecule has 0 unspecified atom stereocenters. The third-order valence-electron chi connectivity index (χ3n) is 4.99. The van der Waals surface area contributed by atoms with E-state index in [1.165, 1.54) is 11.1 Å². The lowest BCUT2D eigenvalue weighted by Gasteiger charge is -2.33. The molecule has 0 fully saturated rings. The number of rotatable bonds is 5. The Bertz CT molecular complexity index is 862. The molecule has 3 rings (SSSR count). The van der Waals surface area contributed by atoms with Gasteiger partial charge in [0.05, 0.1) is 4.90 Å². The molecule has 0 aliphatic carbocycles. The molecule has 0 saturated carbocycles. The molecule has 1 atom stereocenters. The lowest BCUT2D eigenvalue weighted by Crippen LogP contribution is -2.44. The van der Waals surface area contributed by atoms with Crippen molar-refractivity contribution in [1.82, 2.24) is 9.62 Å². The zero-order valence-corrected chi connectivity index (χ0v) is 15.9. The highest BCUT2D eigenvalue weighted by Crippen LogP contribution is 2.21. The number of fused-ring (bicyclic) bond motifs is 1. The molecule has 0 spiro atoms. The van der Waals surface area contributed by atoms with E-state index in [0.29, 0.717) is 11.4 Å². The Hall–Kier alpha value is -1.69. The van der Waals surface area contributed by atoms with Crippen LogP contribution in [0.25, 0.3) is 0 Å². The molecule has 0 aromatic heterocycles. The minimum absolute atomic E-state index is 0.147. The van der Waals surface area contributed by atoms with Crippen LogP contribution in [0.5, 0.6) is 0 Å². The minimum Gasteiger partial charge on any atom is -0.295 e. The van der Waals surface area contributed by atoms with E-state index >= 15 is 0 Å². The molecule has 0 radical (unpaired) electrons. The molecule has 1 aliphatic rings. The monoisotopic (exact) mass is 358 g/mol. The van der Waals surface area contributed by atoms with Crippen LogP contribution in [-0.2, 0) is 23.0 Å². The second-order valence-corrected chi connectivity index (χ2v) is 8.69. The molecule has 4 nitrogen and oxygen atoms in total. The van der Waals surface area contributed by atoms with Gasteiger partial charge in [-0.3, -0.25) is 4.90 Å². The van der Waals surface area contributed by atoms with Gasteiger partial charge in [0.1, 0.15) is 0 Å². The van der Waals surface area contributed by atoms with Gasteiger partial charge < -0.3 is 0 Å². The van der Waals surface area contributed by atoms with Crippen molar-refractivity contribution in [3.63, 3.8) is 0 Å². The second kappa shape index (κ2) is 7.28. The average Bonchev–Trinajstić information content (AvgIpc) is 2.61. The molecular formula is C20H26N2O2S. The van der Waals surface area contributed by atoms with Crippen molar-refractivity contribution in [3.05, 3.63) is 64.7 Å². The van der Waals surface area contributed by atoms with Crippen molar-refractivity contribution in [2.24, 2.45) is 0 Å². The predicted octanol–water partition coefficient (Wildman–Crippen LogP) is 3.03. The maximum absolute atomic E-state index is 12.7. The zero-order chi connectivity index (χ0) is 18.0. The molecule has 134 valence electrons. The van der Waals surface area contributed by atoms with E-state index in [9.17, 15) is 8.42 Å². The van der Waals surface area contributed by atoms with E-state index in [-0.39, 0.29) is 6.04 Å². The summed E-state index contributed by atoms with van der Waals surface area (Å²) in [6.45, 7) is 8.08. The first-order valence-electron chi connectivity index (χ1n) is 8.74. The van der Waals surface area contributed by atoms with Crippen molar-refractivity contribution in [2.45, 2.75) is 44.7 Å². The molecule has 2 aromatic carbocycles. The van der Waals surface area contributed by atoms with Gasteiger partial charge in [0.25, 0.3) is 0 Å². The van der Waals surface area contributed by atoms with Gasteiger partial charge in [-0.05, 0) is 55.5 Å². The summed E-state index contributed by atoms with van der Waals surface area (Å²) in [4.78, 5) is 2.72. The molecule has 2 aromatic rings. The van der Waals surface area contributed by atoms with Crippen LogP contribution in [0.3, 0.4) is 0 Å². The summed E-state index contributed by atoms with van der Waals surface area (Å²) in [6.07, 6.45) is 1.02. The average molecular weight is 359 g/mol. The smallest absolute Gasteiger partial charge is 0.240 e. The number of nitrogens with one attached hydrogen (secondary N) is 1. The lowest BCUT2D eigenvalue weighted by atomic mass is 9.99. The van der Waals surface area contributed by atoms with Crippen LogP contribution in [0.4, 0.5) is 0 Å². The quantitative estimate of drug-likeness (QED) is 0.894. The fourth-order valence-electron chi connectivity index (χ4n) is 3.33. The summed E-state index contributed by atoms with van der Waals surface area (Å²) in [5, 5.41) is 0. The maximum atomic E-state index is 12.7. The van der Waals surface area contributed by atoms with Crippen LogP contribution in [-0.4, -0.2) is 32.4 Å². The predicted molar refractivity (Wildman–Crippen MR) is 101 cm³/mol. The molecule has 25 heavy (non-hydrogen) atoms. The summed E-state index contributed by atoms with van der Waals surface area (Å²) in [7, 11) is -3.48. The molecule has 0 amide bonds. The Labute approximate surface area is 150 Å². The van der Waals surface area contributed by atoms with Crippen molar-refractivity contribution < 1.29 is 8.42 Å². The van der Waals surface area contributed by atoms with Crippen LogP contribution in [0.15, 0.2) is 47.4 Å². The van der Waals surface area contributed by atoms with Gasteiger partial charge in [-0.25, -0.2) is 13.1 Å². The highest BCUT2D eigenvalue weighted by atomic mass is 32.2. The Kier molecular flexibility index (Phi) is 5.27. The number of hydrogen-bond donors (Lipinski definition) is 1. The van der Waals surface area contributed by atoms with Crippen LogP contribution >= 0.6 is 0 Å². The van der Waals surface area contributed by atoms with E-state index in [1.807, 2.05) is 26.0 Å². The number of aryl methyl sites for hydroxylation is 2. The fourth-order valence-corrected chi connectivity index (χ4v) is 4.78. The highest BCUT2D eigenvalue weighted by Gasteiger charge is 2.23. The van der Waals surface area contributed by atoms with Gasteiger partial charge in [0.2, 0.25) is 10.0 Å². The first kappa shape index (κ1) is 18.1. The van der Waals surface area contributed by atoms with Gasteiger partial charge >= 0.3 is 0 Å². The van der Waals surface area contributed by atoms with Gasteiger partial charge in [0, 0.05) is 25.7 Å². The number of sulfonamides is 1. The third-order valence-corrected chi connectivity index (χ3v) is 6.55. The summed E-state index contributed by atoms with van der Waals surface area (Å²) < 4.78 is 28.1. The number of nitrogens with zero attached hydrogens (tertiary/aromatic N) is 1. The summed E-state index contributed by atoms with van der Waals surface area (Å²) in [6, 6.07) is 14.2. The van der Waals surface area contributed by atoms with Crippen LogP contribution in [0.2, 0.25) is 0 Å². The molecule has 1 N–H and O–H groups in total. The van der Waals surface area contributed by atoms with Crippen molar-refractivity contribution in [2.75, 3.05) is 13.1 Å². The first-order valence-corrected chi connectivity index (χ1v) is 10.2. The molecular weight excluding hydrogens is 332 g/mol. The van der Waals surface area contributed by atoms with E-state index in [0.717, 1.165) is 30.6 Å². The second-order valence-electron chi connectivity index (χ2n) is 6.96. The van der Waals surface area contributed by atoms with Gasteiger partial charge in [-0.2, -0.15) is 0 Å². The van der Waals surface area contributed by atoms with E-state index in [1.54, 1.807) is 6.07 Å². The van der Waals surface area contributed by atoms with E-state index in [2.05, 4.69) is 40.8 Å². The molecule has 1 heterocycles. The SMILES string of the molecule is Cc1ccc(C)c(S(=O)(=O)NC[C@@H](C)N2CCc3ccccc3C2)c1. The van der Waals surface area contributed by atoms with Crippen molar-refractivity contribution in [1.29, 1.82) is 0 Å². The molecule has 0 saturated heterocycles. The molecule has 1 aliphatic heterocycles. The lowest BCUT2D eigenvalue weighted by molar-refractivity contribution is 0.192. The normalized spacial score (nSPS) is 16.4. The van der Waals surface area contributed by atoms with Crippen LogP contribution < -0.4 is 4.72 Å². The Morgan fingerprint density at radius 1 is 1.12 bits per heavy atom. The zero-order valence-electron chi connectivity index (χ0n) is 15.1. The van der Waals surface area contributed by atoms with Crippen LogP contribution in [0, 0.1) is 13.8 Å². The summed E-state index contributed by atoms with van der Waals surface area (Å²) >= 11 is 0. The largest absolute Gasteiger partial charge is 0.295 e. The number of benzene rings is 2. The molecule has 5 heteroatoms. The third kappa shape index (κ3) is 4.11. The maximum Gasteiger partial charge on any atom is 0.240 e. The Balaban J connectivity index is 1.66.